The Morgan fingerprint density at radius 2 is 2.11 bits per heavy atom. The average Bonchev–Trinajstić information content (AvgIpc) is 2.26. The number of nitrogens with zero attached hydrogens (tertiary/aromatic N) is 2. The molecule has 6 heteroatoms. The van der Waals surface area contributed by atoms with Gasteiger partial charge >= 0.3 is 6.18 Å². The van der Waals surface area contributed by atoms with Gasteiger partial charge in [0.25, 0.3) is 0 Å². The SMILES string of the molecule is CCCN(CC(F)(F)F)c1ncccc1C(C)O. The maximum absolute atomic E-state index is 12.5. The Labute approximate surface area is 104 Å². The predicted molar refractivity (Wildman–Crippen MR) is 63.4 cm³/mol. The highest BCUT2D eigenvalue weighted by Gasteiger charge is 2.32. The molecule has 0 aliphatic rings. The second-order valence-corrected chi connectivity index (χ2v) is 4.13. The molecular weight excluding hydrogens is 245 g/mol. The van der Waals surface area contributed by atoms with Gasteiger partial charge in [-0.1, -0.05) is 13.0 Å². The van der Waals surface area contributed by atoms with Crippen LogP contribution < -0.4 is 4.90 Å². The van der Waals surface area contributed by atoms with E-state index in [0.717, 1.165) is 4.90 Å². The molecule has 0 saturated carbocycles. The minimum Gasteiger partial charge on any atom is -0.389 e. The van der Waals surface area contributed by atoms with Crippen molar-refractivity contribution >= 4 is 5.82 Å². The zero-order valence-electron chi connectivity index (χ0n) is 10.4. The van der Waals surface area contributed by atoms with Crippen molar-refractivity contribution in [1.29, 1.82) is 0 Å². The van der Waals surface area contributed by atoms with Crippen molar-refractivity contribution in [3.05, 3.63) is 23.9 Å². The normalized spacial score (nSPS) is 13.4. The summed E-state index contributed by atoms with van der Waals surface area (Å²) in [7, 11) is 0. The molecule has 1 aromatic rings. The lowest BCUT2D eigenvalue weighted by Gasteiger charge is -2.27. The maximum atomic E-state index is 12.5. The standard InChI is InChI=1S/C12H17F3N2O/c1-3-7-17(8-12(13,14)15)11-10(9(2)18)5-4-6-16-11/h4-6,9,18H,3,7-8H2,1-2H3. The van der Waals surface area contributed by atoms with Crippen molar-refractivity contribution in [2.45, 2.75) is 32.5 Å². The largest absolute Gasteiger partial charge is 0.405 e. The number of rotatable bonds is 5. The number of aliphatic hydroxyl groups excluding tert-OH is 1. The van der Waals surface area contributed by atoms with Crippen LogP contribution in [0.3, 0.4) is 0 Å². The monoisotopic (exact) mass is 262 g/mol. The number of aliphatic hydroxyl groups is 1. The van der Waals surface area contributed by atoms with Crippen LogP contribution in [-0.4, -0.2) is 29.4 Å². The first kappa shape index (κ1) is 14.8. The zero-order chi connectivity index (χ0) is 13.8. The Hall–Kier alpha value is -1.30. The van der Waals surface area contributed by atoms with E-state index < -0.39 is 18.8 Å². The molecule has 0 saturated heterocycles. The molecule has 0 fully saturated rings. The van der Waals surface area contributed by atoms with E-state index in [9.17, 15) is 18.3 Å². The summed E-state index contributed by atoms with van der Waals surface area (Å²) in [6.45, 7) is 2.50. The second kappa shape index (κ2) is 6.04. The fourth-order valence-electron chi connectivity index (χ4n) is 1.75. The summed E-state index contributed by atoms with van der Waals surface area (Å²) in [6, 6.07) is 3.19. The third-order valence-electron chi connectivity index (χ3n) is 2.43. The molecule has 18 heavy (non-hydrogen) atoms. The van der Waals surface area contributed by atoms with Gasteiger partial charge < -0.3 is 10.0 Å². The Morgan fingerprint density at radius 1 is 1.44 bits per heavy atom. The predicted octanol–water partition coefficient (Wildman–Crippen LogP) is 2.91. The van der Waals surface area contributed by atoms with E-state index in [1.165, 1.54) is 13.1 Å². The van der Waals surface area contributed by atoms with E-state index in [-0.39, 0.29) is 12.4 Å². The summed E-state index contributed by atoms with van der Waals surface area (Å²) in [5, 5.41) is 9.57. The summed E-state index contributed by atoms with van der Waals surface area (Å²) >= 11 is 0. The van der Waals surface area contributed by atoms with Gasteiger partial charge in [-0.3, -0.25) is 0 Å². The minimum atomic E-state index is -4.29. The van der Waals surface area contributed by atoms with Gasteiger partial charge in [0.2, 0.25) is 0 Å². The lowest BCUT2D eigenvalue weighted by molar-refractivity contribution is -0.119. The highest BCUT2D eigenvalue weighted by atomic mass is 19.4. The highest BCUT2D eigenvalue weighted by Crippen LogP contribution is 2.27. The van der Waals surface area contributed by atoms with Crippen LogP contribution in [0.25, 0.3) is 0 Å². The second-order valence-electron chi connectivity index (χ2n) is 4.13. The van der Waals surface area contributed by atoms with E-state index in [4.69, 9.17) is 0 Å². The third kappa shape index (κ3) is 4.18. The minimum absolute atomic E-state index is 0.201. The molecule has 1 atom stereocenters. The zero-order valence-corrected chi connectivity index (χ0v) is 10.4. The summed E-state index contributed by atoms with van der Waals surface area (Å²) in [4.78, 5) is 5.12. The van der Waals surface area contributed by atoms with Crippen molar-refractivity contribution in [3.63, 3.8) is 0 Å². The number of pyridine rings is 1. The number of hydrogen-bond acceptors (Lipinski definition) is 3. The number of aromatic nitrogens is 1. The molecular formula is C12H17F3N2O. The van der Waals surface area contributed by atoms with Gasteiger partial charge in [-0.15, -0.1) is 0 Å². The molecule has 0 spiro atoms. The lowest BCUT2D eigenvalue weighted by atomic mass is 10.1. The number of alkyl halides is 3. The average molecular weight is 262 g/mol. The Morgan fingerprint density at radius 3 is 2.61 bits per heavy atom. The quantitative estimate of drug-likeness (QED) is 0.886. The molecule has 3 nitrogen and oxygen atoms in total. The third-order valence-corrected chi connectivity index (χ3v) is 2.43. The van der Waals surface area contributed by atoms with E-state index in [1.54, 1.807) is 19.1 Å². The summed E-state index contributed by atoms with van der Waals surface area (Å²) < 4.78 is 37.5. The van der Waals surface area contributed by atoms with Crippen LogP contribution in [0.2, 0.25) is 0 Å². The van der Waals surface area contributed by atoms with Crippen LogP contribution >= 0.6 is 0 Å². The Kier molecular flexibility index (Phi) is 4.95. The number of halogens is 3. The summed E-state index contributed by atoms with van der Waals surface area (Å²) in [5.41, 5.74) is 0.412. The maximum Gasteiger partial charge on any atom is 0.405 e. The van der Waals surface area contributed by atoms with E-state index in [1.807, 2.05) is 0 Å². The summed E-state index contributed by atoms with van der Waals surface area (Å²) in [5.74, 6) is 0.201. The van der Waals surface area contributed by atoms with Gasteiger partial charge in [-0.2, -0.15) is 13.2 Å². The van der Waals surface area contributed by atoms with E-state index in [0.29, 0.717) is 12.0 Å². The highest BCUT2D eigenvalue weighted by molar-refractivity contribution is 5.47. The molecule has 1 unspecified atom stereocenters. The van der Waals surface area contributed by atoms with Crippen molar-refractivity contribution in [3.8, 4) is 0 Å². The van der Waals surface area contributed by atoms with Crippen molar-refractivity contribution in [2.24, 2.45) is 0 Å². The fraction of sp³-hybridized carbons (Fsp3) is 0.583. The van der Waals surface area contributed by atoms with Gasteiger partial charge in [0.15, 0.2) is 0 Å². The topological polar surface area (TPSA) is 36.4 Å². The van der Waals surface area contributed by atoms with Crippen molar-refractivity contribution in [2.75, 3.05) is 18.0 Å². The molecule has 0 amide bonds. The van der Waals surface area contributed by atoms with Gasteiger partial charge in [0.05, 0.1) is 6.10 Å². The molecule has 1 aromatic heterocycles. The first-order valence-corrected chi connectivity index (χ1v) is 5.80. The van der Waals surface area contributed by atoms with Gasteiger partial charge in [0, 0.05) is 18.3 Å². The molecule has 102 valence electrons. The molecule has 0 radical (unpaired) electrons. The van der Waals surface area contributed by atoms with Crippen molar-refractivity contribution in [1.82, 2.24) is 4.98 Å². The smallest absolute Gasteiger partial charge is 0.389 e. The van der Waals surface area contributed by atoms with Crippen molar-refractivity contribution < 1.29 is 18.3 Å². The molecule has 0 aliphatic carbocycles. The van der Waals surface area contributed by atoms with Crippen LogP contribution in [0, 0.1) is 0 Å². The van der Waals surface area contributed by atoms with Gasteiger partial charge in [-0.25, -0.2) is 4.98 Å². The summed E-state index contributed by atoms with van der Waals surface area (Å²) in [6.07, 6.45) is -3.13. The first-order chi connectivity index (χ1) is 8.35. The fourth-order valence-corrected chi connectivity index (χ4v) is 1.75. The number of anilines is 1. The molecule has 1 heterocycles. The van der Waals surface area contributed by atoms with E-state index >= 15 is 0 Å². The lowest BCUT2D eigenvalue weighted by Crippen LogP contribution is -2.36. The first-order valence-electron chi connectivity index (χ1n) is 5.80. The molecule has 0 aromatic carbocycles. The van der Waals surface area contributed by atoms with Crippen LogP contribution in [0.1, 0.15) is 31.9 Å². The van der Waals surface area contributed by atoms with Gasteiger partial charge in [-0.05, 0) is 19.4 Å². The molecule has 0 aliphatic heterocycles. The van der Waals surface area contributed by atoms with Crippen LogP contribution in [0.4, 0.5) is 19.0 Å². The molecule has 0 bridgehead atoms. The Balaban J connectivity index is 3.05. The van der Waals surface area contributed by atoms with E-state index in [2.05, 4.69) is 4.98 Å². The molecule has 1 N–H and O–H groups in total. The molecule has 1 rings (SSSR count). The van der Waals surface area contributed by atoms with Crippen LogP contribution in [0.15, 0.2) is 18.3 Å². The Bertz CT molecular complexity index is 380. The van der Waals surface area contributed by atoms with Crippen LogP contribution in [-0.2, 0) is 0 Å². The number of hydrogen-bond donors (Lipinski definition) is 1. The van der Waals surface area contributed by atoms with Gasteiger partial charge in [0.1, 0.15) is 12.4 Å². The van der Waals surface area contributed by atoms with Crippen LogP contribution in [0.5, 0.6) is 0 Å².